The predicted molar refractivity (Wildman–Crippen MR) is 111 cm³/mol. The van der Waals surface area contributed by atoms with Gasteiger partial charge >= 0.3 is 0 Å². The van der Waals surface area contributed by atoms with Crippen molar-refractivity contribution in [3.05, 3.63) is 59.9 Å². The van der Waals surface area contributed by atoms with E-state index < -0.39 is 6.04 Å². The molecule has 7 nitrogen and oxygen atoms in total. The van der Waals surface area contributed by atoms with Crippen LogP contribution in [0.5, 0.6) is 0 Å². The number of likely N-dealkylation sites (N-methyl/N-ethyl adjacent to an activating group) is 1. The summed E-state index contributed by atoms with van der Waals surface area (Å²) in [6.45, 7) is 2.32. The van der Waals surface area contributed by atoms with E-state index in [1.807, 2.05) is 37.3 Å². The molecule has 3 aromatic rings. The number of pyridine rings is 2. The average Bonchev–Trinajstić information content (AvgIpc) is 3.14. The van der Waals surface area contributed by atoms with Crippen molar-refractivity contribution in [2.24, 2.45) is 5.73 Å². The van der Waals surface area contributed by atoms with Gasteiger partial charge in [0.15, 0.2) is 0 Å². The first-order valence-electron chi connectivity index (χ1n) is 9.58. The molecule has 3 heterocycles. The van der Waals surface area contributed by atoms with Crippen LogP contribution in [0.15, 0.2) is 48.8 Å². The van der Waals surface area contributed by atoms with E-state index >= 15 is 0 Å². The number of carbonyl (C=O) groups is 2. The van der Waals surface area contributed by atoms with Crippen LogP contribution in [0.25, 0.3) is 22.2 Å². The predicted octanol–water partition coefficient (Wildman–Crippen LogP) is 1.89. The Morgan fingerprint density at radius 3 is 2.79 bits per heavy atom. The van der Waals surface area contributed by atoms with Gasteiger partial charge in [0, 0.05) is 43.0 Å². The molecule has 1 saturated heterocycles. The van der Waals surface area contributed by atoms with Crippen LogP contribution in [0.1, 0.15) is 22.3 Å². The van der Waals surface area contributed by atoms with E-state index in [0.717, 1.165) is 22.0 Å². The Hall–Kier alpha value is -3.32. The minimum atomic E-state index is -0.572. The molecule has 0 saturated carbocycles. The Bertz CT molecular complexity index is 1080. The molecule has 1 aliphatic rings. The molecule has 1 aliphatic heterocycles. The fourth-order valence-electron chi connectivity index (χ4n) is 3.84. The molecule has 0 aliphatic carbocycles. The SMILES string of the molecule is CNC(=O)C1CC(N)CN1C(=O)c1cc(-c2cccnc2)nc2ccc(C)cc12. The second-order valence-electron chi connectivity index (χ2n) is 7.40. The molecule has 3 N–H and O–H groups in total. The van der Waals surface area contributed by atoms with Gasteiger partial charge in [0.25, 0.3) is 5.91 Å². The van der Waals surface area contributed by atoms with E-state index in [1.54, 1.807) is 30.4 Å². The summed E-state index contributed by atoms with van der Waals surface area (Å²) in [5, 5.41) is 3.40. The molecule has 148 valence electrons. The standard InChI is InChI=1S/C22H23N5O2/c1-13-5-6-18-16(8-13)17(10-19(26-18)14-4-3-7-25-11-14)22(29)27-12-15(23)9-20(27)21(28)24-2/h3-8,10-11,15,20H,9,12,23H2,1-2H3,(H,24,28). The number of amides is 2. The summed E-state index contributed by atoms with van der Waals surface area (Å²) < 4.78 is 0. The van der Waals surface area contributed by atoms with Gasteiger partial charge in [-0.15, -0.1) is 0 Å². The number of carbonyl (C=O) groups excluding carboxylic acids is 2. The third-order valence-corrected chi connectivity index (χ3v) is 5.30. The Balaban J connectivity index is 1.86. The lowest BCUT2D eigenvalue weighted by Gasteiger charge is -2.24. The van der Waals surface area contributed by atoms with E-state index in [2.05, 4.69) is 10.3 Å². The molecule has 2 atom stereocenters. The van der Waals surface area contributed by atoms with Gasteiger partial charge < -0.3 is 16.0 Å². The zero-order chi connectivity index (χ0) is 20.5. The Morgan fingerprint density at radius 1 is 1.24 bits per heavy atom. The fraction of sp³-hybridized carbons (Fsp3) is 0.273. The third kappa shape index (κ3) is 3.56. The van der Waals surface area contributed by atoms with E-state index in [4.69, 9.17) is 10.7 Å². The first-order valence-corrected chi connectivity index (χ1v) is 9.58. The van der Waals surface area contributed by atoms with Gasteiger partial charge in [0.05, 0.1) is 16.8 Å². The summed E-state index contributed by atoms with van der Waals surface area (Å²) in [6, 6.07) is 10.6. The van der Waals surface area contributed by atoms with Crippen LogP contribution in [0.3, 0.4) is 0 Å². The number of benzene rings is 1. The van der Waals surface area contributed by atoms with Crippen molar-refractivity contribution >= 4 is 22.7 Å². The van der Waals surface area contributed by atoms with Gasteiger partial charge in [-0.05, 0) is 43.7 Å². The number of hydrogen-bond donors (Lipinski definition) is 2. The van der Waals surface area contributed by atoms with Crippen molar-refractivity contribution in [3.63, 3.8) is 0 Å². The number of hydrogen-bond acceptors (Lipinski definition) is 5. The molecule has 7 heteroatoms. The van der Waals surface area contributed by atoms with Gasteiger partial charge in [-0.3, -0.25) is 14.6 Å². The first kappa shape index (κ1) is 19.0. The lowest BCUT2D eigenvalue weighted by atomic mass is 10.0. The maximum atomic E-state index is 13.6. The number of nitrogens with one attached hydrogen (secondary N) is 1. The minimum absolute atomic E-state index is 0.201. The minimum Gasteiger partial charge on any atom is -0.357 e. The van der Waals surface area contributed by atoms with Crippen LogP contribution < -0.4 is 11.1 Å². The van der Waals surface area contributed by atoms with Crippen molar-refractivity contribution in [1.82, 2.24) is 20.2 Å². The van der Waals surface area contributed by atoms with Gasteiger partial charge in [-0.2, -0.15) is 0 Å². The molecule has 29 heavy (non-hydrogen) atoms. The molecule has 1 fully saturated rings. The zero-order valence-electron chi connectivity index (χ0n) is 16.4. The largest absolute Gasteiger partial charge is 0.357 e. The highest BCUT2D eigenvalue weighted by Crippen LogP contribution is 2.28. The van der Waals surface area contributed by atoms with Crippen LogP contribution in [-0.4, -0.2) is 52.4 Å². The van der Waals surface area contributed by atoms with Crippen molar-refractivity contribution in [2.75, 3.05) is 13.6 Å². The van der Waals surface area contributed by atoms with Gasteiger partial charge in [0.2, 0.25) is 5.91 Å². The van der Waals surface area contributed by atoms with Crippen LogP contribution in [0.4, 0.5) is 0 Å². The first-order chi connectivity index (χ1) is 14.0. The summed E-state index contributed by atoms with van der Waals surface area (Å²) in [7, 11) is 1.57. The fourth-order valence-corrected chi connectivity index (χ4v) is 3.84. The maximum Gasteiger partial charge on any atom is 0.255 e. The number of likely N-dealkylation sites (tertiary alicyclic amines) is 1. The molecule has 0 bridgehead atoms. The van der Waals surface area contributed by atoms with Gasteiger partial charge in [-0.25, -0.2) is 4.98 Å². The lowest BCUT2D eigenvalue weighted by molar-refractivity contribution is -0.124. The number of nitrogens with zero attached hydrogens (tertiary/aromatic N) is 3. The maximum absolute atomic E-state index is 13.6. The van der Waals surface area contributed by atoms with E-state index in [-0.39, 0.29) is 17.9 Å². The van der Waals surface area contributed by atoms with Crippen LogP contribution in [-0.2, 0) is 4.79 Å². The number of rotatable bonds is 3. The third-order valence-electron chi connectivity index (χ3n) is 5.30. The molecule has 0 radical (unpaired) electrons. The zero-order valence-corrected chi connectivity index (χ0v) is 16.4. The van der Waals surface area contributed by atoms with Crippen molar-refractivity contribution in [2.45, 2.75) is 25.4 Å². The monoisotopic (exact) mass is 389 g/mol. The summed E-state index contributed by atoms with van der Waals surface area (Å²) in [6.07, 6.45) is 3.86. The molecular formula is C22H23N5O2. The molecule has 2 unspecified atom stereocenters. The Kier molecular flexibility index (Phi) is 4.98. The number of nitrogens with two attached hydrogens (primary N) is 1. The normalized spacial score (nSPS) is 18.8. The summed E-state index contributed by atoms with van der Waals surface area (Å²) in [5.74, 6) is -0.414. The Labute approximate surface area is 168 Å². The quantitative estimate of drug-likeness (QED) is 0.712. The highest BCUT2D eigenvalue weighted by atomic mass is 16.2. The topological polar surface area (TPSA) is 101 Å². The number of fused-ring (bicyclic) bond motifs is 1. The second kappa shape index (κ2) is 7.60. The van der Waals surface area contributed by atoms with Crippen LogP contribution in [0, 0.1) is 6.92 Å². The number of aromatic nitrogens is 2. The molecule has 1 aromatic carbocycles. The Morgan fingerprint density at radius 2 is 2.07 bits per heavy atom. The summed E-state index contributed by atoms with van der Waals surface area (Å²) in [5.41, 5.74) is 9.84. The van der Waals surface area contributed by atoms with Crippen LogP contribution in [0.2, 0.25) is 0 Å². The molecular weight excluding hydrogens is 366 g/mol. The lowest BCUT2D eigenvalue weighted by Crippen LogP contribution is -2.45. The summed E-state index contributed by atoms with van der Waals surface area (Å²) in [4.78, 5) is 36.4. The highest BCUT2D eigenvalue weighted by Gasteiger charge is 2.38. The summed E-state index contributed by atoms with van der Waals surface area (Å²) >= 11 is 0. The molecule has 2 amide bonds. The van der Waals surface area contributed by atoms with E-state index in [0.29, 0.717) is 24.2 Å². The van der Waals surface area contributed by atoms with Crippen molar-refractivity contribution in [1.29, 1.82) is 0 Å². The van der Waals surface area contributed by atoms with E-state index in [9.17, 15) is 9.59 Å². The second-order valence-corrected chi connectivity index (χ2v) is 7.40. The van der Waals surface area contributed by atoms with Gasteiger partial charge in [-0.1, -0.05) is 11.6 Å². The highest BCUT2D eigenvalue weighted by molar-refractivity contribution is 6.08. The van der Waals surface area contributed by atoms with Crippen LogP contribution >= 0.6 is 0 Å². The van der Waals surface area contributed by atoms with Gasteiger partial charge in [0.1, 0.15) is 6.04 Å². The molecule has 0 spiro atoms. The van der Waals surface area contributed by atoms with Crippen molar-refractivity contribution < 1.29 is 9.59 Å². The number of aryl methyl sites for hydroxylation is 1. The van der Waals surface area contributed by atoms with E-state index in [1.165, 1.54) is 0 Å². The molecule has 4 rings (SSSR count). The molecule has 2 aromatic heterocycles. The smallest absolute Gasteiger partial charge is 0.255 e. The van der Waals surface area contributed by atoms with Crippen molar-refractivity contribution in [3.8, 4) is 11.3 Å². The average molecular weight is 389 g/mol.